The van der Waals surface area contributed by atoms with Crippen molar-refractivity contribution >= 4 is 5.78 Å². The molecule has 0 atom stereocenters. The Labute approximate surface area is 94.6 Å². The van der Waals surface area contributed by atoms with Gasteiger partial charge in [-0.3, -0.25) is 4.79 Å². The van der Waals surface area contributed by atoms with Gasteiger partial charge in [0, 0.05) is 11.3 Å². The van der Waals surface area contributed by atoms with Gasteiger partial charge in [-0.1, -0.05) is 34.1 Å². The quantitative estimate of drug-likeness (QED) is 0.679. The molecule has 0 aromatic rings. The summed E-state index contributed by atoms with van der Waals surface area (Å²) in [5.41, 5.74) is -0.0935. The van der Waals surface area contributed by atoms with Gasteiger partial charge in [-0.15, -0.1) is 0 Å². The summed E-state index contributed by atoms with van der Waals surface area (Å²) < 4.78 is 0. The average molecular weight is 210 g/mol. The van der Waals surface area contributed by atoms with Crippen LogP contribution in [-0.4, -0.2) is 5.78 Å². The smallest absolute Gasteiger partial charge is 0.141 e. The summed E-state index contributed by atoms with van der Waals surface area (Å²) in [6, 6.07) is 0. The van der Waals surface area contributed by atoms with Gasteiger partial charge >= 0.3 is 0 Å². The molecule has 88 valence electrons. The first-order chi connectivity index (χ1) is 7.01. The molecule has 1 heteroatoms. The molecule has 1 aliphatic carbocycles. The topological polar surface area (TPSA) is 17.1 Å². The van der Waals surface area contributed by atoms with Gasteiger partial charge in [0.2, 0.25) is 0 Å². The number of Topliss-reactive ketones (excluding diaryl/α,β-unsaturated/α-hetero) is 1. The maximum atomic E-state index is 12.2. The summed E-state index contributed by atoms with van der Waals surface area (Å²) in [5, 5.41) is 0. The minimum atomic E-state index is -0.0935. The summed E-state index contributed by atoms with van der Waals surface area (Å²) in [5.74, 6) is 1.76. The molecule has 0 spiro atoms. The van der Waals surface area contributed by atoms with E-state index in [4.69, 9.17) is 0 Å². The SMILES string of the molecule is CCC1CCC(C(=O)C(C)(C)CC)CC1. The van der Waals surface area contributed by atoms with E-state index in [0.29, 0.717) is 11.7 Å². The molecule has 0 heterocycles. The summed E-state index contributed by atoms with van der Waals surface area (Å²) in [4.78, 5) is 12.2. The number of hydrogen-bond acceptors (Lipinski definition) is 1. The van der Waals surface area contributed by atoms with Crippen molar-refractivity contribution in [2.45, 2.75) is 66.2 Å². The fourth-order valence-electron chi connectivity index (χ4n) is 2.56. The number of rotatable bonds is 4. The summed E-state index contributed by atoms with van der Waals surface area (Å²) in [6.45, 7) is 8.58. The molecule has 0 unspecified atom stereocenters. The van der Waals surface area contributed by atoms with Crippen LogP contribution < -0.4 is 0 Å². The van der Waals surface area contributed by atoms with Crippen molar-refractivity contribution in [3.8, 4) is 0 Å². The van der Waals surface area contributed by atoms with Gasteiger partial charge in [0.1, 0.15) is 5.78 Å². The van der Waals surface area contributed by atoms with Gasteiger partial charge in [-0.05, 0) is 38.0 Å². The third-order valence-electron chi connectivity index (χ3n) is 4.35. The normalized spacial score (nSPS) is 27.7. The van der Waals surface area contributed by atoms with Crippen molar-refractivity contribution in [3.05, 3.63) is 0 Å². The number of ketones is 1. The van der Waals surface area contributed by atoms with Crippen LogP contribution in [0.3, 0.4) is 0 Å². The number of carbonyl (C=O) groups excluding carboxylic acids is 1. The van der Waals surface area contributed by atoms with Gasteiger partial charge in [-0.2, -0.15) is 0 Å². The second-order valence-electron chi connectivity index (χ2n) is 5.73. The van der Waals surface area contributed by atoms with Crippen molar-refractivity contribution in [2.75, 3.05) is 0 Å². The summed E-state index contributed by atoms with van der Waals surface area (Å²) in [7, 11) is 0. The van der Waals surface area contributed by atoms with E-state index in [1.165, 1.54) is 19.3 Å². The van der Waals surface area contributed by atoms with Crippen LogP contribution in [0.25, 0.3) is 0 Å². The molecule has 0 radical (unpaired) electrons. The van der Waals surface area contributed by atoms with Crippen LogP contribution in [0, 0.1) is 17.3 Å². The minimum Gasteiger partial charge on any atom is -0.299 e. The number of hydrogen-bond donors (Lipinski definition) is 0. The van der Waals surface area contributed by atoms with E-state index in [9.17, 15) is 4.79 Å². The standard InChI is InChI=1S/C14H26O/c1-5-11-7-9-12(10-8-11)13(15)14(3,4)6-2/h11-12H,5-10H2,1-4H3. The highest BCUT2D eigenvalue weighted by Crippen LogP contribution is 2.36. The van der Waals surface area contributed by atoms with Crippen molar-refractivity contribution in [2.24, 2.45) is 17.3 Å². The molecule has 0 bridgehead atoms. The first-order valence-corrected chi connectivity index (χ1v) is 6.55. The Morgan fingerprint density at radius 3 is 2.07 bits per heavy atom. The van der Waals surface area contributed by atoms with Crippen LogP contribution in [0.1, 0.15) is 66.2 Å². The van der Waals surface area contributed by atoms with E-state index in [0.717, 1.165) is 25.2 Å². The van der Waals surface area contributed by atoms with E-state index in [2.05, 4.69) is 27.7 Å². The van der Waals surface area contributed by atoms with E-state index < -0.39 is 0 Å². The Morgan fingerprint density at radius 1 is 1.13 bits per heavy atom. The highest BCUT2D eigenvalue weighted by Gasteiger charge is 2.34. The minimum absolute atomic E-state index is 0.0935. The molecule has 0 amide bonds. The molecule has 0 saturated heterocycles. The van der Waals surface area contributed by atoms with Crippen molar-refractivity contribution in [1.29, 1.82) is 0 Å². The molecule has 0 aromatic heterocycles. The fourth-order valence-corrected chi connectivity index (χ4v) is 2.56. The molecular weight excluding hydrogens is 184 g/mol. The Balaban J connectivity index is 2.50. The lowest BCUT2D eigenvalue weighted by molar-refractivity contribution is -0.132. The number of carbonyl (C=O) groups is 1. The van der Waals surface area contributed by atoms with Crippen LogP contribution in [0.4, 0.5) is 0 Å². The summed E-state index contributed by atoms with van der Waals surface area (Å²) >= 11 is 0. The first-order valence-electron chi connectivity index (χ1n) is 6.55. The van der Waals surface area contributed by atoms with E-state index >= 15 is 0 Å². The molecule has 1 saturated carbocycles. The molecule has 1 aliphatic rings. The van der Waals surface area contributed by atoms with Gasteiger partial charge in [-0.25, -0.2) is 0 Å². The zero-order valence-electron chi connectivity index (χ0n) is 10.8. The third-order valence-corrected chi connectivity index (χ3v) is 4.35. The molecule has 0 N–H and O–H groups in total. The molecule has 0 aromatic carbocycles. The van der Waals surface area contributed by atoms with Gasteiger partial charge in [0.05, 0.1) is 0 Å². The zero-order chi connectivity index (χ0) is 11.5. The Bertz CT molecular complexity index is 209. The van der Waals surface area contributed by atoms with Crippen molar-refractivity contribution in [3.63, 3.8) is 0 Å². The van der Waals surface area contributed by atoms with E-state index in [-0.39, 0.29) is 5.41 Å². The molecule has 1 rings (SSSR count). The largest absolute Gasteiger partial charge is 0.299 e. The predicted octanol–water partition coefficient (Wildman–Crippen LogP) is 4.21. The first kappa shape index (κ1) is 12.7. The maximum absolute atomic E-state index is 12.2. The van der Waals surface area contributed by atoms with Crippen LogP contribution in [0.15, 0.2) is 0 Å². The lowest BCUT2D eigenvalue weighted by Gasteiger charge is -2.32. The van der Waals surface area contributed by atoms with E-state index in [1.54, 1.807) is 0 Å². The highest BCUT2D eigenvalue weighted by molar-refractivity contribution is 5.86. The van der Waals surface area contributed by atoms with Gasteiger partial charge < -0.3 is 0 Å². The van der Waals surface area contributed by atoms with Crippen LogP contribution >= 0.6 is 0 Å². The fraction of sp³-hybridized carbons (Fsp3) is 0.929. The Morgan fingerprint density at radius 2 is 1.67 bits per heavy atom. The van der Waals surface area contributed by atoms with Crippen LogP contribution in [0.5, 0.6) is 0 Å². The predicted molar refractivity (Wildman–Crippen MR) is 64.8 cm³/mol. The second-order valence-corrected chi connectivity index (χ2v) is 5.73. The second kappa shape index (κ2) is 5.14. The van der Waals surface area contributed by atoms with Crippen molar-refractivity contribution < 1.29 is 4.79 Å². The Kier molecular flexibility index (Phi) is 4.36. The monoisotopic (exact) mass is 210 g/mol. The zero-order valence-corrected chi connectivity index (χ0v) is 10.8. The lowest BCUT2D eigenvalue weighted by atomic mass is 9.71. The van der Waals surface area contributed by atoms with Crippen LogP contribution in [-0.2, 0) is 4.79 Å². The highest BCUT2D eigenvalue weighted by atomic mass is 16.1. The summed E-state index contributed by atoms with van der Waals surface area (Å²) in [6.07, 6.45) is 7.08. The molecule has 0 aliphatic heterocycles. The van der Waals surface area contributed by atoms with E-state index in [1.807, 2.05) is 0 Å². The average Bonchev–Trinajstić information content (AvgIpc) is 2.28. The van der Waals surface area contributed by atoms with Gasteiger partial charge in [0.25, 0.3) is 0 Å². The molecule has 1 fully saturated rings. The third kappa shape index (κ3) is 3.06. The molecular formula is C14H26O. The molecule has 1 nitrogen and oxygen atoms in total. The van der Waals surface area contributed by atoms with Crippen LogP contribution in [0.2, 0.25) is 0 Å². The van der Waals surface area contributed by atoms with Gasteiger partial charge in [0.15, 0.2) is 0 Å². The van der Waals surface area contributed by atoms with Crippen molar-refractivity contribution in [1.82, 2.24) is 0 Å². The maximum Gasteiger partial charge on any atom is 0.141 e. The Hall–Kier alpha value is -0.330. The lowest BCUT2D eigenvalue weighted by Crippen LogP contribution is -2.32. The molecule has 15 heavy (non-hydrogen) atoms.